The highest BCUT2D eigenvalue weighted by Crippen LogP contribution is 2.29. The second-order valence-electron chi connectivity index (χ2n) is 5.61. The molecule has 6 heteroatoms. The fourth-order valence-electron chi connectivity index (χ4n) is 2.37. The minimum atomic E-state index is -0.627. The van der Waals surface area contributed by atoms with E-state index in [9.17, 15) is 13.6 Å². The fourth-order valence-corrected chi connectivity index (χ4v) is 2.37. The van der Waals surface area contributed by atoms with Crippen molar-refractivity contribution < 1.29 is 13.6 Å². The van der Waals surface area contributed by atoms with E-state index in [4.69, 9.17) is 0 Å². The van der Waals surface area contributed by atoms with Gasteiger partial charge in [-0.05, 0) is 36.6 Å². The van der Waals surface area contributed by atoms with E-state index >= 15 is 0 Å². The molecule has 0 spiro atoms. The first kappa shape index (κ1) is 15.4. The van der Waals surface area contributed by atoms with Gasteiger partial charge in [0.2, 0.25) is 0 Å². The first-order valence-electron chi connectivity index (χ1n) is 7.51. The minimum Gasteiger partial charge on any atom is -0.334 e. The van der Waals surface area contributed by atoms with Gasteiger partial charge >= 0.3 is 6.03 Å². The molecule has 0 saturated heterocycles. The number of aromatic nitrogens is 1. The van der Waals surface area contributed by atoms with E-state index in [0.717, 1.165) is 24.5 Å². The highest BCUT2D eigenvalue weighted by Gasteiger charge is 2.33. The number of nitrogens with zero attached hydrogens (tertiary/aromatic N) is 2. The summed E-state index contributed by atoms with van der Waals surface area (Å²) in [4.78, 5) is 17.9. The predicted molar refractivity (Wildman–Crippen MR) is 81.4 cm³/mol. The zero-order chi connectivity index (χ0) is 16.2. The molecule has 0 bridgehead atoms. The molecule has 1 heterocycles. The van der Waals surface area contributed by atoms with E-state index in [0.29, 0.717) is 12.1 Å². The minimum absolute atomic E-state index is 0.122. The average molecular weight is 317 g/mol. The maximum absolute atomic E-state index is 13.8. The summed E-state index contributed by atoms with van der Waals surface area (Å²) in [5, 5.41) is 2.83. The van der Waals surface area contributed by atoms with E-state index < -0.39 is 11.6 Å². The zero-order valence-corrected chi connectivity index (χ0v) is 12.5. The van der Waals surface area contributed by atoms with Crippen molar-refractivity contribution in [2.24, 2.45) is 0 Å². The third-order valence-corrected chi connectivity index (χ3v) is 3.80. The van der Waals surface area contributed by atoms with Gasteiger partial charge in [0.15, 0.2) is 0 Å². The molecule has 1 saturated carbocycles. The van der Waals surface area contributed by atoms with Crippen LogP contribution in [0.3, 0.4) is 0 Å². The van der Waals surface area contributed by atoms with Crippen LogP contribution in [0.15, 0.2) is 42.7 Å². The standard InChI is InChI=1S/C17H17F2N3O/c18-14-2-1-13(16(19)9-14)11-22(15-3-4-15)17(23)21-10-12-5-7-20-8-6-12/h1-2,5-9,15H,3-4,10-11H2,(H,21,23). The Morgan fingerprint density at radius 1 is 1.22 bits per heavy atom. The molecule has 2 amide bonds. The molecule has 1 aromatic heterocycles. The number of halogens is 2. The molecule has 23 heavy (non-hydrogen) atoms. The van der Waals surface area contributed by atoms with Crippen molar-refractivity contribution in [1.82, 2.24) is 15.2 Å². The van der Waals surface area contributed by atoms with Crippen LogP contribution in [0.2, 0.25) is 0 Å². The number of amides is 2. The zero-order valence-electron chi connectivity index (χ0n) is 12.5. The van der Waals surface area contributed by atoms with Gasteiger partial charge in [-0.15, -0.1) is 0 Å². The number of urea groups is 1. The summed E-state index contributed by atoms with van der Waals surface area (Å²) in [5.74, 6) is -1.25. The lowest BCUT2D eigenvalue weighted by molar-refractivity contribution is 0.191. The molecular formula is C17H17F2N3O. The van der Waals surface area contributed by atoms with Crippen LogP contribution in [0.25, 0.3) is 0 Å². The van der Waals surface area contributed by atoms with Crippen LogP contribution < -0.4 is 5.32 Å². The third-order valence-electron chi connectivity index (χ3n) is 3.80. The first-order chi connectivity index (χ1) is 11.1. The van der Waals surface area contributed by atoms with Crippen LogP contribution in [0.4, 0.5) is 13.6 Å². The van der Waals surface area contributed by atoms with E-state index in [2.05, 4.69) is 10.3 Å². The molecule has 0 aliphatic heterocycles. The van der Waals surface area contributed by atoms with Crippen molar-refractivity contribution in [3.05, 3.63) is 65.5 Å². The normalized spacial score (nSPS) is 13.7. The molecule has 0 unspecified atom stereocenters. The van der Waals surface area contributed by atoms with Gasteiger partial charge in [-0.1, -0.05) is 6.07 Å². The average Bonchev–Trinajstić information content (AvgIpc) is 3.38. The van der Waals surface area contributed by atoms with E-state index in [1.165, 1.54) is 12.1 Å². The first-order valence-corrected chi connectivity index (χ1v) is 7.51. The molecule has 4 nitrogen and oxygen atoms in total. The number of pyridine rings is 1. The van der Waals surface area contributed by atoms with E-state index in [1.807, 2.05) is 12.1 Å². The van der Waals surface area contributed by atoms with Crippen LogP contribution in [0.5, 0.6) is 0 Å². The quantitative estimate of drug-likeness (QED) is 0.920. The number of carbonyl (C=O) groups excluding carboxylic acids is 1. The van der Waals surface area contributed by atoms with Crippen LogP contribution >= 0.6 is 0 Å². The molecule has 120 valence electrons. The second-order valence-corrected chi connectivity index (χ2v) is 5.61. The lowest BCUT2D eigenvalue weighted by atomic mass is 10.2. The van der Waals surface area contributed by atoms with Crippen molar-refractivity contribution in [2.75, 3.05) is 0 Å². The van der Waals surface area contributed by atoms with Crippen LogP contribution in [0.1, 0.15) is 24.0 Å². The molecule has 3 rings (SSSR count). The summed E-state index contributed by atoms with van der Waals surface area (Å²) >= 11 is 0. The Kier molecular flexibility index (Phi) is 4.50. The number of nitrogens with one attached hydrogen (secondary N) is 1. The second kappa shape index (κ2) is 6.73. The highest BCUT2D eigenvalue weighted by atomic mass is 19.1. The number of carbonyl (C=O) groups is 1. The van der Waals surface area contributed by atoms with Gasteiger partial charge in [0.05, 0.1) is 6.54 Å². The highest BCUT2D eigenvalue weighted by molar-refractivity contribution is 5.75. The van der Waals surface area contributed by atoms with Gasteiger partial charge in [0.1, 0.15) is 11.6 Å². The smallest absolute Gasteiger partial charge is 0.318 e. The Morgan fingerprint density at radius 2 is 1.96 bits per heavy atom. The third kappa shape index (κ3) is 4.03. The number of hydrogen-bond donors (Lipinski definition) is 1. The van der Waals surface area contributed by atoms with Crippen molar-refractivity contribution in [3.8, 4) is 0 Å². The summed E-state index contributed by atoms with van der Waals surface area (Å²) in [7, 11) is 0. The van der Waals surface area contributed by atoms with Crippen molar-refractivity contribution in [3.63, 3.8) is 0 Å². The van der Waals surface area contributed by atoms with Crippen molar-refractivity contribution in [2.45, 2.75) is 32.0 Å². The van der Waals surface area contributed by atoms with Crippen molar-refractivity contribution in [1.29, 1.82) is 0 Å². The summed E-state index contributed by atoms with van der Waals surface area (Å²) in [5.41, 5.74) is 1.26. The molecule has 0 radical (unpaired) electrons. The predicted octanol–water partition coefficient (Wildman–Crippen LogP) is 3.23. The Morgan fingerprint density at radius 3 is 2.61 bits per heavy atom. The van der Waals surface area contributed by atoms with Crippen LogP contribution in [0, 0.1) is 11.6 Å². The lowest BCUT2D eigenvalue weighted by Crippen LogP contribution is -2.40. The largest absolute Gasteiger partial charge is 0.334 e. The lowest BCUT2D eigenvalue weighted by Gasteiger charge is -2.23. The summed E-state index contributed by atoms with van der Waals surface area (Å²) in [6, 6.07) is 6.96. The summed E-state index contributed by atoms with van der Waals surface area (Å²) in [6.07, 6.45) is 5.14. The summed E-state index contributed by atoms with van der Waals surface area (Å²) in [6.45, 7) is 0.523. The Hall–Kier alpha value is -2.50. The number of benzene rings is 1. The van der Waals surface area contributed by atoms with E-state index in [-0.39, 0.29) is 18.6 Å². The molecule has 1 fully saturated rings. The summed E-state index contributed by atoms with van der Waals surface area (Å²) < 4.78 is 26.8. The van der Waals surface area contributed by atoms with Gasteiger partial charge in [-0.2, -0.15) is 0 Å². The van der Waals surface area contributed by atoms with Crippen LogP contribution in [-0.4, -0.2) is 22.0 Å². The van der Waals surface area contributed by atoms with Gasteiger partial charge in [0, 0.05) is 36.6 Å². The van der Waals surface area contributed by atoms with Crippen LogP contribution in [-0.2, 0) is 13.1 Å². The Balaban J connectivity index is 1.65. The van der Waals surface area contributed by atoms with Gasteiger partial charge in [0.25, 0.3) is 0 Å². The Labute approximate surface area is 133 Å². The van der Waals surface area contributed by atoms with Gasteiger partial charge in [-0.3, -0.25) is 4.98 Å². The molecule has 1 N–H and O–H groups in total. The molecule has 0 atom stereocenters. The number of hydrogen-bond acceptors (Lipinski definition) is 2. The number of rotatable bonds is 5. The fraction of sp³-hybridized carbons (Fsp3) is 0.294. The monoisotopic (exact) mass is 317 g/mol. The van der Waals surface area contributed by atoms with E-state index in [1.54, 1.807) is 17.3 Å². The molecule has 1 aliphatic carbocycles. The molecular weight excluding hydrogens is 300 g/mol. The van der Waals surface area contributed by atoms with Gasteiger partial charge in [-0.25, -0.2) is 13.6 Å². The Bertz CT molecular complexity index is 689. The van der Waals surface area contributed by atoms with Crippen molar-refractivity contribution >= 4 is 6.03 Å². The van der Waals surface area contributed by atoms with Gasteiger partial charge < -0.3 is 10.2 Å². The maximum Gasteiger partial charge on any atom is 0.318 e. The molecule has 1 aromatic carbocycles. The topological polar surface area (TPSA) is 45.2 Å². The SMILES string of the molecule is O=C(NCc1ccncc1)N(Cc1ccc(F)cc1F)C1CC1. The molecule has 1 aliphatic rings. The molecule has 2 aromatic rings. The maximum atomic E-state index is 13.8.